The van der Waals surface area contributed by atoms with E-state index >= 15 is 0 Å². The van der Waals surface area contributed by atoms with Gasteiger partial charge in [-0.3, -0.25) is 14.9 Å². The molecule has 2 aromatic carbocycles. The van der Waals surface area contributed by atoms with Gasteiger partial charge in [-0.1, -0.05) is 23.5 Å². The summed E-state index contributed by atoms with van der Waals surface area (Å²) in [4.78, 5) is 29.4. The number of anilines is 2. The van der Waals surface area contributed by atoms with Gasteiger partial charge in [0.2, 0.25) is 0 Å². The molecular formula is C20H16FN3O4S. The van der Waals surface area contributed by atoms with Crippen molar-refractivity contribution >= 4 is 34.0 Å². The Morgan fingerprint density at radius 3 is 2.59 bits per heavy atom. The molecule has 1 aromatic heterocycles. The van der Waals surface area contributed by atoms with Gasteiger partial charge < -0.3 is 14.8 Å². The van der Waals surface area contributed by atoms with Gasteiger partial charge in [0.25, 0.3) is 11.8 Å². The third-order valence-electron chi connectivity index (χ3n) is 4.14. The van der Waals surface area contributed by atoms with E-state index in [1.54, 1.807) is 31.2 Å². The van der Waals surface area contributed by atoms with Crippen LogP contribution in [-0.4, -0.2) is 30.0 Å². The summed E-state index contributed by atoms with van der Waals surface area (Å²) in [5, 5.41) is 5.52. The second-order valence-corrected chi connectivity index (χ2v) is 7.18. The molecule has 1 aliphatic heterocycles. The number of aromatic nitrogens is 1. The molecule has 4 rings (SSSR count). The number of halogens is 1. The Hall–Kier alpha value is -3.46. The van der Waals surface area contributed by atoms with E-state index in [9.17, 15) is 14.0 Å². The fourth-order valence-corrected chi connectivity index (χ4v) is 3.64. The van der Waals surface area contributed by atoms with Crippen LogP contribution >= 0.6 is 11.3 Å². The zero-order chi connectivity index (χ0) is 20.4. The quantitative estimate of drug-likeness (QED) is 0.678. The van der Waals surface area contributed by atoms with E-state index in [0.29, 0.717) is 41.0 Å². The monoisotopic (exact) mass is 413 g/mol. The minimum Gasteiger partial charge on any atom is -0.486 e. The highest BCUT2D eigenvalue weighted by Crippen LogP contribution is 2.33. The average Bonchev–Trinajstić information content (AvgIpc) is 3.08. The maximum Gasteiger partial charge on any atom is 0.267 e. The first-order valence-corrected chi connectivity index (χ1v) is 9.57. The van der Waals surface area contributed by atoms with Gasteiger partial charge in [-0.2, -0.15) is 0 Å². The van der Waals surface area contributed by atoms with Crippen LogP contribution in [0.4, 0.5) is 15.2 Å². The molecule has 2 amide bonds. The van der Waals surface area contributed by atoms with Crippen LogP contribution in [0.5, 0.6) is 11.5 Å². The van der Waals surface area contributed by atoms with E-state index in [1.165, 1.54) is 18.2 Å². The lowest BCUT2D eigenvalue weighted by Gasteiger charge is -2.18. The van der Waals surface area contributed by atoms with Crippen LogP contribution in [0, 0.1) is 12.7 Å². The second-order valence-electron chi connectivity index (χ2n) is 6.18. The number of thiazole rings is 1. The van der Waals surface area contributed by atoms with Crippen molar-refractivity contribution in [2.45, 2.75) is 6.92 Å². The minimum absolute atomic E-state index is 0.0948. The van der Waals surface area contributed by atoms with Crippen LogP contribution in [0.1, 0.15) is 25.7 Å². The summed E-state index contributed by atoms with van der Waals surface area (Å²) in [7, 11) is 0. The van der Waals surface area contributed by atoms with Crippen LogP contribution in [0.15, 0.2) is 42.5 Å². The maximum atomic E-state index is 13.8. The number of aryl methyl sites for hydroxylation is 1. The van der Waals surface area contributed by atoms with Crippen LogP contribution in [0.2, 0.25) is 0 Å². The Labute approximate surface area is 169 Å². The van der Waals surface area contributed by atoms with E-state index in [-0.39, 0.29) is 16.6 Å². The number of ether oxygens (including phenoxy) is 2. The topological polar surface area (TPSA) is 89.6 Å². The highest BCUT2D eigenvalue weighted by Gasteiger charge is 2.19. The summed E-state index contributed by atoms with van der Waals surface area (Å²) in [6, 6.07) is 10.8. The fraction of sp³-hybridized carbons (Fsp3) is 0.150. The van der Waals surface area contributed by atoms with Gasteiger partial charge in [0.15, 0.2) is 16.6 Å². The standard InChI is InChI=1S/C20H16FN3O4S/c1-11-17(19(26)23-12-6-7-15-16(10-12)28-9-8-27-15)29-20(22-11)24-18(25)13-4-2-3-5-14(13)21/h2-7,10H,8-9H2,1H3,(H,23,26)(H,22,24,25). The highest BCUT2D eigenvalue weighted by atomic mass is 32.1. The van der Waals surface area contributed by atoms with Gasteiger partial charge >= 0.3 is 0 Å². The molecule has 1 aliphatic rings. The molecule has 3 aromatic rings. The van der Waals surface area contributed by atoms with E-state index in [2.05, 4.69) is 15.6 Å². The van der Waals surface area contributed by atoms with Crippen molar-refractivity contribution in [1.82, 2.24) is 4.98 Å². The smallest absolute Gasteiger partial charge is 0.267 e. The lowest BCUT2D eigenvalue weighted by atomic mass is 10.2. The van der Waals surface area contributed by atoms with Crippen molar-refractivity contribution in [1.29, 1.82) is 0 Å². The predicted molar refractivity (Wildman–Crippen MR) is 107 cm³/mol. The van der Waals surface area contributed by atoms with Gasteiger partial charge in [-0.15, -0.1) is 0 Å². The molecule has 0 saturated heterocycles. The van der Waals surface area contributed by atoms with Crippen molar-refractivity contribution in [3.8, 4) is 11.5 Å². The lowest BCUT2D eigenvalue weighted by Crippen LogP contribution is -2.16. The number of carbonyl (C=O) groups excluding carboxylic acids is 2. The Balaban J connectivity index is 1.48. The fourth-order valence-electron chi connectivity index (χ4n) is 2.78. The largest absolute Gasteiger partial charge is 0.486 e. The van der Waals surface area contributed by atoms with Crippen molar-refractivity contribution in [2.24, 2.45) is 0 Å². The van der Waals surface area contributed by atoms with Gasteiger partial charge in [0.05, 0.1) is 11.3 Å². The molecule has 0 radical (unpaired) electrons. The van der Waals surface area contributed by atoms with Crippen molar-refractivity contribution in [3.63, 3.8) is 0 Å². The highest BCUT2D eigenvalue weighted by molar-refractivity contribution is 7.17. The molecule has 0 saturated carbocycles. The Morgan fingerprint density at radius 2 is 1.79 bits per heavy atom. The van der Waals surface area contributed by atoms with Gasteiger partial charge in [-0.25, -0.2) is 9.37 Å². The van der Waals surface area contributed by atoms with E-state index in [1.807, 2.05) is 0 Å². The number of amides is 2. The van der Waals surface area contributed by atoms with E-state index < -0.39 is 11.7 Å². The summed E-state index contributed by atoms with van der Waals surface area (Å²) >= 11 is 1.01. The Kier molecular flexibility index (Phi) is 5.13. The number of hydrogen-bond acceptors (Lipinski definition) is 6. The number of carbonyl (C=O) groups is 2. The molecule has 0 aliphatic carbocycles. The minimum atomic E-state index is -0.630. The SMILES string of the molecule is Cc1nc(NC(=O)c2ccccc2F)sc1C(=O)Nc1ccc2c(c1)OCCO2. The summed E-state index contributed by atoms with van der Waals surface area (Å²) in [6.07, 6.45) is 0. The molecule has 0 unspecified atom stereocenters. The number of hydrogen-bond donors (Lipinski definition) is 2. The molecule has 148 valence electrons. The van der Waals surface area contributed by atoms with Crippen LogP contribution in [0.25, 0.3) is 0 Å². The number of benzene rings is 2. The second kappa shape index (κ2) is 7.88. The molecule has 9 heteroatoms. The Bertz CT molecular complexity index is 1100. The van der Waals surface area contributed by atoms with E-state index in [0.717, 1.165) is 11.3 Å². The zero-order valence-electron chi connectivity index (χ0n) is 15.3. The molecule has 0 fully saturated rings. The molecule has 7 nitrogen and oxygen atoms in total. The molecule has 0 atom stereocenters. The van der Waals surface area contributed by atoms with Gasteiger partial charge in [0, 0.05) is 11.8 Å². The average molecular weight is 413 g/mol. The number of nitrogens with zero attached hydrogens (tertiary/aromatic N) is 1. The molecular weight excluding hydrogens is 397 g/mol. The first-order chi connectivity index (χ1) is 14.0. The first kappa shape index (κ1) is 18.9. The van der Waals surface area contributed by atoms with Crippen LogP contribution in [-0.2, 0) is 0 Å². The van der Waals surface area contributed by atoms with Gasteiger partial charge in [-0.05, 0) is 31.2 Å². The van der Waals surface area contributed by atoms with Gasteiger partial charge in [0.1, 0.15) is 23.9 Å². The molecule has 0 spiro atoms. The zero-order valence-corrected chi connectivity index (χ0v) is 16.1. The molecule has 0 bridgehead atoms. The predicted octanol–water partition coefficient (Wildman–Crippen LogP) is 3.87. The number of rotatable bonds is 4. The molecule has 2 N–H and O–H groups in total. The number of fused-ring (bicyclic) bond motifs is 1. The number of nitrogens with one attached hydrogen (secondary N) is 2. The third kappa shape index (κ3) is 4.04. The Morgan fingerprint density at radius 1 is 1.03 bits per heavy atom. The van der Waals surface area contributed by atoms with Crippen molar-refractivity contribution in [2.75, 3.05) is 23.8 Å². The van der Waals surface area contributed by atoms with Crippen molar-refractivity contribution in [3.05, 3.63) is 64.4 Å². The summed E-state index contributed by atoms with van der Waals surface area (Å²) in [5.41, 5.74) is 0.903. The molecule has 29 heavy (non-hydrogen) atoms. The summed E-state index contributed by atoms with van der Waals surface area (Å²) in [6.45, 7) is 2.59. The lowest BCUT2D eigenvalue weighted by molar-refractivity contribution is 0.101. The van der Waals surface area contributed by atoms with E-state index in [4.69, 9.17) is 9.47 Å². The van der Waals surface area contributed by atoms with Crippen LogP contribution < -0.4 is 20.1 Å². The normalized spacial score (nSPS) is 12.3. The van der Waals surface area contributed by atoms with Crippen molar-refractivity contribution < 1.29 is 23.5 Å². The molecule has 2 heterocycles. The first-order valence-electron chi connectivity index (χ1n) is 8.75. The third-order valence-corrected chi connectivity index (χ3v) is 5.21. The summed E-state index contributed by atoms with van der Waals surface area (Å²) in [5.74, 6) is -0.442. The maximum absolute atomic E-state index is 13.8. The summed E-state index contributed by atoms with van der Waals surface area (Å²) < 4.78 is 24.7. The van der Waals surface area contributed by atoms with Crippen LogP contribution in [0.3, 0.4) is 0 Å².